The number of aromatic nitrogens is 2. The maximum absolute atomic E-state index is 11.9. The number of nitrogens with zero attached hydrogens (tertiary/aromatic N) is 2. The Morgan fingerprint density at radius 1 is 1.36 bits per heavy atom. The molecule has 0 unspecified atom stereocenters. The average molecular weight is 299 g/mol. The molecule has 1 aliphatic rings. The van der Waals surface area contributed by atoms with Gasteiger partial charge in [-0.25, -0.2) is 4.68 Å². The largest absolute Gasteiger partial charge is 0.497 e. The van der Waals surface area contributed by atoms with E-state index >= 15 is 0 Å². The van der Waals surface area contributed by atoms with Crippen molar-refractivity contribution in [2.24, 2.45) is 0 Å². The maximum Gasteiger partial charge on any atom is 0.267 e. The second-order valence-electron chi connectivity index (χ2n) is 5.29. The maximum atomic E-state index is 11.9. The van der Waals surface area contributed by atoms with Crippen LogP contribution in [0.4, 0.5) is 0 Å². The van der Waals surface area contributed by atoms with Crippen LogP contribution in [-0.2, 0) is 11.3 Å². The van der Waals surface area contributed by atoms with Crippen LogP contribution in [0, 0.1) is 0 Å². The molecule has 1 saturated carbocycles. The molecule has 1 amide bonds. The van der Waals surface area contributed by atoms with Crippen molar-refractivity contribution in [1.29, 1.82) is 0 Å². The fourth-order valence-electron chi connectivity index (χ4n) is 2.14. The van der Waals surface area contributed by atoms with Gasteiger partial charge in [-0.05, 0) is 31.0 Å². The summed E-state index contributed by atoms with van der Waals surface area (Å²) in [6.45, 7) is -0.0624. The van der Waals surface area contributed by atoms with Gasteiger partial charge in [-0.3, -0.25) is 9.59 Å². The van der Waals surface area contributed by atoms with Gasteiger partial charge < -0.3 is 10.1 Å². The van der Waals surface area contributed by atoms with E-state index in [-0.39, 0.29) is 24.1 Å². The lowest BCUT2D eigenvalue weighted by molar-refractivity contribution is -0.122. The number of ether oxygens (including phenoxy) is 1. The van der Waals surface area contributed by atoms with Gasteiger partial charge in [-0.1, -0.05) is 12.1 Å². The van der Waals surface area contributed by atoms with Crippen molar-refractivity contribution in [3.8, 4) is 17.0 Å². The molecule has 1 N–H and O–H groups in total. The molecule has 0 saturated heterocycles. The Balaban J connectivity index is 1.84. The molecular formula is C16H17N3O3. The number of carbonyl (C=O) groups is 1. The first-order valence-electron chi connectivity index (χ1n) is 7.17. The first kappa shape index (κ1) is 14.3. The van der Waals surface area contributed by atoms with Gasteiger partial charge in [0, 0.05) is 17.7 Å². The van der Waals surface area contributed by atoms with E-state index in [4.69, 9.17) is 4.74 Å². The van der Waals surface area contributed by atoms with Gasteiger partial charge in [0.05, 0.1) is 12.8 Å². The molecule has 6 nitrogen and oxygen atoms in total. The molecule has 114 valence electrons. The fourth-order valence-corrected chi connectivity index (χ4v) is 2.14. The predicted octanol–water partition coefficient (Wildman–Crippen LogP) is 1.20. The number of amides is 1. The van der Waals surface area contributed by atoms with Crippen molar-refractivity contribution in [1.82, 2.24) is 15.1 Å². The minimum atomic E-state index is -0.294. The quantitative estimate of drug-likeness (QED) is 0.900. The molecule has 0 bridgehead atoms. The van der Waals surface area contributed by atoms with E-state index in [2.05, 4.69) is 10.4 Å². The Morgan fingerprint density at radius 2 is 2.18 bits per heavy atom. The van der Waals surface area contributed by atoms with Crippen LogP contribution in [0.15, 0.2) is 41.2 Å². The van der Waals surface area contributed by atoms with E-state index in [1.807, 2.05) is 24.3 Å². The number of benzene rings is 1. The van der Waals surface area contributed by atoms with Crippen molar-refractivity contribution in [3.05, 3.63) is 46.8 Å². The lowest BCUT2D eigenvalue weighted by atomic mass is 10.1. The van der Waals surface area contributed by atoms with Gasteiger partial charge in [0.15, 0.2) is 0 Å². The highest BCUT2D eigenvalue weighted by molar-refractivity contribution is 5.76. The standard InChI is InChI=1S/C16H17N3O3/c1-22-13-4-2-3-11(9-13)14-7-8-16(21)19(18-14)10-15(20)17-12-5-6-12/h2-4,7-9,12H,5-6,10H2,1H3,(H,17,20). The lowest BCUT2D eigenvalue weighted by Gasteiger charge is -2.08. The molecule has 1 aliphatic carbocycles. The van der Waals surface area contributed by atoms with E-state index in [0.717, 1.165) is 18.4 Å². The Hall–Kier alpha value is -2.63. The Morgan fingerprint density at radius 3 is 2.91 bits per heavy atom. The van der Waals surface area contributed by atoms with Gasteiger partial charge in [-0.15, -0.1) is 0 Å². The summed E-state index contributed by atoms with van der Waals surface area (Å²) in [6.07, 6.45) is 2.02. The van der Waals surface area contributed by atoms with E-state index in [9.17, 15) is 9.59 Å². The van der Waals surface area contributed by atoms with Gasteiger partial charge in [0.2, 0.25) is 5.91 Å². The molecule has 0 aliphatic heterocycles. The summed E-state index contributed by atoms with van der Waals surface area (Å²) < 4.78 is 6.37. The highest BCUT2D eigenvalue weighted by Crippen LogP contribution is 2.21. The van der Waals surface area contributed by atoms with Crippen LogP contribution in [-0.4, -0.2) is 28.8 Å². The van der Waals surface area contributed by atoms with E-state index < -0.39 is 0 Å². The summed E-state index contributed by atoms with van der Waals surface area (Å²) in [7, 11) is 1.59. The third kappa shape index (κ3) is 3.33. The third-order valence-electron chi connectivity index (χ3n) is 3.47. The monoisotopic (exact) mass is 299 g/mol. The Labute approximate surface area is 127 Å². The number of rotatable bonds is 5. The number of carbonyl (C=O) groups excluding carboxylic acids is 1. The van der Waals surface area contributed by atoms with E-state index in [0.29, 0.717) is 11.4 Å². The number of methoxy groups -OCH3 is 1. The molecule has 1 aromatic heterocycles. The Kier molecular flexibility index (Phi) is 3.91. The Bertz CT molecular complexity index is 750. The topological polar surface area (TPSA) is 73.2 Å². The van der Waals surface area contributed by atoms with Gasteiger partial charge in [0.1, 0.15) is 12.3 Å². The number of hydrogen-bond acceptors (Lipinski definition) is 4. The first-order chi connectivity index (χ1) is 10.7. The smallest absolute Gasteiger partial charge is 0.267 e. The van der Waals surface area contributed by atoms with Crippen LogP contribution in [0.3, 0.4) is 0 Å². The summed E-state index contributed by atoms with van der Waals surface area (Å²) in [5, 5.41) is 7.12. The molecule has 3 rings (SSSR count). The molecule has 0 spiro atoms. The predicted molar refractivity (Wildman–Crippen MR) is 81.6 cm³/mol. The summed E-state index contributed by atoms with van der Waals surface area (Å²) in [5.74, 6) is 0.531. The fraction of sp³-hybridized carbons (Fsp3) is 0.312. The van der Waals surface area contributed by atoms with Gasteiger partial charge in [0.25, 0.3) is 5.56 Å². The molecule has 6 heteroatoms. The average Bonchev–Trinajstić information content (AvgIpc) is 3.33. The zero-order chi connectivity index (χ0) is 15.5. The van der Waals surface area contributed by atoms with Crippen LogP contribution in [0.1, 0.15) is 12.8 Å². The minimum Gasteiger partial charge on any atom is -0.497 e. The molecule has 1 heterocycles. The summed E-state index contributed by atoms with van der Waals surface area (Å²) in [5.41, 5.74) is 1.16. The summed E-state index contributed by atoms with van der Waals surface area (Å²) in [4.78, 5) is 23.7. The van der Waals surface area contributed by atoms with Crippen LogP contribution < -0.4 is 15.6 Å². The van der Waals surface area contributed by atoms with Crippen molar-refractivity contribution in [2.45, 2.75) is 25.4 Å². The van der Waals surface area contributed by atoms with Crippen molar-refractivity contribution in [2.75, 3.05) is 7.11 Å². The van der Waals surface area contributed by atoms with Crippen LogP contribution >= 0.6 is 0 Å². The van der Waals surface area contributed by atoms with Crippen LogP contribution in [0.2, 0.25) is 0 Å². The normalized spacial score (nSPS) is 13.7. The third-order valence-corrected chi connectivity index (χ3v) is 3.47. The van der Waals surface area contributed by atoms with Crippen molar-refractivity contribution in [3.63, 3.8) is 0 Å². The second-order valence-corrected chi connectivity index (χ2v) is 5.29. The number of hydrogen-bond donors (Lipinski definition) is 1. The van der Waals surface area contributed by atoms with Gasteiger partial charge >= 0.3 is 0 Å². The second kappa shape index (κ2) is 6.01. The molecule has 2 aromatic rings. The van der Waals surface area contributed by atoms with Crippen LogP contribution in [0.5, 0.6) is 5.75 Å². The first-order valence-corrected chi connectivity index (χ1v) is 7.17. The molecule has 22 heavy (non-hydrogen) atoms. The SMILES string of the molecule is COc1cccc(-c2ccc(=O)n(CC(=O)NC3CC3)n2)c1. The molecule has 0 radical (unpaired) electrons. The van der Waals surface area contributed by atoms with Crippen molar-refractivity contribution < 1.29 is 9.53 Å². The lowest BCUT2D eigenvalue weighted by Crippen LogP contribution is -2.34. The van der Waals surface area contributed by atoms with E-state index in [1.54, 1.807) is 13.2 Å². The zero-order valence-corrected chi connectivity index (χ0v) is 12.3. The molecule has 1 fully saturated rings. The van der Waals surface area contributed by atoms with Crippen LogP contribution in [0.25, 0.3) is 11.3 Å². The highest BCUT2D eigenvalue weighted by Gasteiger charge is 2.23. The van der Waals surface area contributed by atoms with E-state index in [1.165, 1.54) is 10.7 Å². The number of nitrogens with one attached hydrogen (secondary N) is 1. The summed E-state index contributed by atoms with van der Waals surface area (Å²) in [6, 6.07) is 10.7. The molecule has 0 atom stereocenters. The van der Waals surface area contributed by atoms with Gasteiger partial charge in [-0.2, -0.15) is 5.10 Å². The van der Waals surface area contributed by atoms with Crippen molar-refractivity contribution >= 4 is 5.91 Å². The zero-order valence-electron chi connectivity index (χ0n) is 12.3. The summed E-state index contributed by atoms with van der Waals surface area (Å²) >= 11 is 0. The highest BCUT2D eigenvalue weighted by atomic mass is 16.5. The minimum absolute atomic E-state index is 0.0624. The molecular weight excluding hydrogens is 282 g/mol. The molecule has 1 aromatic carbocycles.